The molecule has 0 aliphatic carbocycles. The van der Waals surface area contributed by atoms with Crippen molar-refractivity contribution >= 4 is 16.0 Å². The van der Waals surface area contributed by atoms with Gasteiger partial charge in [0.05, 0.1) is 5.69 Å². The van der Waals surface area contributed by atoms with Crippen molar-refractivity contribution in [2.75, 3.05) is 13.2 Å². The molecule has 2 rings (SSSR count). The molecule has 0 spiro atoms. The molecule has 9 heteroatoms. The lowest BCUT2D eigenvalue weighted by Crippen LogP contribution is -2.40. The summed E-state index contributed by atoms with van der Waals surface area (Å²) in [5.41, 5.74) is -0.279. The molecule has 0 aromatic carbocycles. The topological polar surface area (TPSA) is 121 Å². The highest BCUT2D eigenvalue weighted by molar-refractivity contribution is 7.89. The van der Waals surface area contributed by atoms with E-state index in [-0.39, 0.29) is 22.5 Å². The summed E-state index contributed by atoms with van der Waals surface area (Å²) in [5.74, 6) is -1.20. The summed E-state index contributed by atoms with van der Waals surface area (Å²) < 4.78 is 32.7. The summed E-state index contributed by atoms with van der Waals surface area (Å²) in [4.78, 5) is 10.8. The molecule has 1 aliphatic heterocycles. The van der Waals surface area contributed by atoms with E-state index in [1.165, 1.54) is 6.92 Å². The van der Waals surface area contributed by atoms with Crippen LogP contribution in [0.2, 0.25) is 0 Å². The zero-order chi connectivity index (χ0) is 15.6. The number of ether oxygens (including phenoxy) is 1. The van der Waals surface area contributed by atoms with Gasteiger partial charge in [0.1, 0.15) is 4.90 Å². The Labute approximate surface area is 122 Å². The van der Waals surface area contributed by atoms with Gasteiger partial charge in [0.2, 0.25) is 10.0 Å². The molecule has 1 aliphatic rings. The van der Waals surface area contributed by atoms with Gasteiger partial charge in [-0.2, -0.15) is 5.10 Å². The van der Waals surface area contributed by atoms with Crippen LogP contribution in [0.15, 0.2) is 4.90 Å². The number of aromatic nitrogens is 2. The van der Waals surface area contributed by atoms with Gasteiger partial charge < -0.3 is 9.84 Å². The van der Waals surface area contributed by atoms with Crippen LogP contribution in [-0.2, 0) is 14.8 Å². The number of carboxylic acids is 1. The number of H-pyrrole nitrogens is 1. The minimum atomic E-state index is -3.94. The quantitative estimate of drug-likeness (QED) is 0.727. The number of sulfonamides is 1. The van der Waals surface area contributed by atoms with Gasteiger partial charge in [0.15, 0.2) is 5.69 Å². The van der Waals surface area contributed by atoms with Crippen LogP contribution in [-0.4, -0.2) is 48.9 Å². The molecule has 1 fully saturated rings. The van der Waals surface area contributed by atoms with Gasteiger partial charge in [-0.3, -0.25) is 5.10 Å². The van der Waals surface area contributed by atoms with Gasteiger partial charge in [0, 0.05) is 19.3 Å². The molecule has 1 saturated heterocycles. The molecule has 1 unspecified atom stereocenters. The Kier molecular flexibility index (Phi) is 4.64. The van der Waals surface area contributed by atoms with Gasteiger partial charge in [-0.25, -0.2) is 17.9 Å². The van der Waals surface area contributed by atoms with Crippen molar-refractivity contribution in [2.24, 2.45) is 5.92 Å². The second kappa shape index (κ2) is 6.12. The second-order valence-corrected chi connectivity index (χ2v) is 6.84. The van der Waals surface area contributed by atoms with Gasteiger partial charge >= 0.3 is 5.97 Å². The molecular weight excluding hydrogens is 298 g/mol. The summed E-state index contributed by atoms with van der Waals surface area (Å²) in [6.45, 7) is 4.49. The molecule has 2 heterocycles. The van der Waals surface area contributed by atoms with Crippen molar-refractivity contribution in [1.82, 2.24) is 14.9 Å². The van der Waals surface area contributed by atoms with Gasteiger partial charge in [-0.05, 0) is 32.6 Å². The van der Waals surface area contributed by atoms with Crippen molar-refractivity contribution < 1.29 is 23.1 Å². The Morgan fingerprint density at radius 2 is 2.10 bits per heavy atom. The first-order valence-corrected chi connectivity index (χ1v) is 8.19. The summed E-state index contributed by atoms with van der Waals surface area (Å²) in [5, 5.41) is 15.0. The van der Waals surface area contributed by atoms with Crippen LogP contribution in [0, 0.1) is 12.8 Å². The number of rotatable bonds is 5. The predicted molar refractivity (Wildman–Crippen MR) is 73.6 cm³/mol. The minimum Gasteiger partial charge on any atom is -0.476 e. The average molecular weight is 317 g/mol. The first-order valence-electron chi connectivity index (χ1n) is 6.71. The zero-order valence-electron chi connectivity index (χ0n) is 11.9. The monoisotopic (exact) mass is 317 g/mol. The van der Waals surface area contributed by atoms with E-state index >= 15 is 0 Å². The molecule has 1 aromatic rings. The van der Waals surface area contributed by atoms with Crippen LogP contribution < -0.4 is 4.72 Å². The van der Waals surface area contributed by atoms with Gasteiger partial charge in [-0.15, -0.1) is 0 Å². The number of hydrogen-bond acceptors (Lipinski definition) is 5. The van der Waals surface area contributed by atoms with Gasteiger partial charge in [-0.1, -0.05) is 0 Å². The second-order valence-electron chi connectivity index (χ2n) is 5.19. The normalized spacial score (nSPS) is 18.6. The molecule has 0 saturated carbocycles. The number of aromatic amines is 1. The fourth-order valence-electron chi connectivity index (χ4n) is 2.51. The van der Waals surface area contributed by atoms with Gasteiger partial charge in [0.25, 0.3) is 0 Å². The Bertz CT molecular complexity index is 619. The number of carbonyl (C=O) groups is 1. The Hall–Kier alpha value is -1.45. The lowest BCUT2D eigenvalue weighted by molar-refractivity contribution is 0.0585. The number of aromatic carboxylic acids is 1. The third kappa shape index (κ3) is 3.42. The Morgan fingerprint density at radius 1 is 1.48 bits per heavy atom. The molecule has 3 N–H and O–H groups in total. The lowest BCUT2D eigenvalue weighted by atomic mass is 9.94. The van der Waals surface area contributed by atoms with E-state index in [0.29, 0.717) is 13.2 Å². The summed E-state index contributed by atoms with van der Waals surface area (Å²) in [7, 11) is -3.94. The van der Waals surface area contributed by atoms with Crippen molar-refractivity contribution in [3.8, 4) is 0 Å². The lowest BCUT2D eigenvalue weighted by Gasteiger charge is -2.28. The fraction of sp³-hybridized carbons (Fsp3) is 0.667. The first-order chi connectivity index (χ1) is 9.83. The molecule has 1 aromatic heterocycles. The highest BCUT2D eigenvalue weighted by Crippen LogP contribution is 2.22. The largest absolute Gasteiger partial charge is 0.476 e. The Balaban J connectivity index is 2.22. The smallest absolute Gasteiger partial charge is 0.357 e. The average Bonchev–Trinajstić information content (AvgIpc) is 2.82. The Morgan fingerprint density at radius 3 is 2.67 bits per heavy atom. The van der Waals surface area contributed by atoms with E-state index in [2.05, 4.69) is 14.9 Å². The van der Waals surface area contributed by atoms with E-state index in [1.807, 2.05) is 0 Å². The van der Waals surface area contributed by atoms with E-state index in [0.717, 1.165) is 12.8 Å². The number of carboxylic acid groups (broad SMARTS) is 1. The van der Waals surface area contributed by atoms with Crippen molar-refractivity contribution in [2.45, 2.75) is 37.6 Å². The highest BCUT2D eigenvalue weighted by atomic mass is 32.2. The van der Waals surface area contributed by atoms with Crippen molar-refractivity contribution in [1.29, 1.82) is 0 Å². The molecule has 118 valence electrons. The number of aryl methyl sites for hydroxylation is 1. The third-order valence-electron chi connectivity index (χ3n) is 3.68. The summed E-state index contributed by atoms with van der Waals surface area (Å²) in [6, 6.07) is -0.296. The number of nitrogens with zero attached hydrogens (tertiary/aromatic N) is 1. The van der Waals surface area contributed by atoms with Crippen LogP contribution in [0.25, 0.3) is 0 Å². The van der Waals surface area contributed by atoms with Crippen LogP contribution in [0.1, 0.15) is 35.9 Å². The first kappa shape index (κ1) is 15.9. The summed E-state index contributed by atoms with van der Waals surface area (Å²) >= 11 is 0. The zero-order valence-corrected chi connectivity index (χ0v) is 12.7. The third-order valence-corrected chi connectivity index (χ3v) is 5.40. The molecular formula is C12H19N3O5S. The summed E-state index contributed by atoms with van der Waals surface area (Å²) in [6.07, 6.45) is 1.56. The molecule has 0 amide bonds. The van der Waals surface area contributed by atoms with E-state index in [1.54, 1.807) is 6.92 Å². The molecule has 1 atom stereocenters. The molecule has 21 heavy (non-hydrogen) atoms. The predicted octanol–water partition coefficient (Wildman–Crippen LogP) is 0.510. The highest BCUT2D eigenvalue weighted by Gasteiger charge is 2.31. The molecule has 0 bridgehead atoms. The minimum absolute atomic E-state index is 0.175. The number of hydrogen-bond donors (Lipinski definition) is 3. The van der Waals surface area contributed by atoms with E-state index in [4.69, 9.17) is 9.84 Å². The van der Waals surface area contributed by atoms with Crippen LogP contribution in [0.3, 0.4) is 0 Å². The van der Waals surface area contributed by atoms with E-state index < -0.39 is 21.7 Å². The maximum atomic E-state index is 12.4. The van der Waals surface area contributed by atoms with Crippen molar-refractivity contribution in [3.63, 3.8) is 0 Å². The maximum Gasteiger partial charge on any atom is 0.357 e. The van der Waals surface area contributed by atoms with Crippen LogP contribution in [0.4, 0.5) is 0 Å². The number of nitrogens with one attached hydrogen (secondary N) is 2. The van der Waals surface area contributed by atoms with E-state index in [9.17, 15) is 13.2 Å². The fourth-order valence-corrected chi connectivity index (χ4v) is 4.14. The van der Waals surface area contributed by atoms with Crippen LogP contribution >= 0.6 is 0 Å². The van der Waals surface area contributed by atoms with Crippen LogP contribution in [0.5, 0.6) is 0 Å². The standard InChI is InChI=1S/C12H19N3O5S/c1-7(9-3-5-20-6-4-9)15-21(18,19)11-8(2)13-14-10(11)12(16)17/h7,9,15H,3-6H2,1-2H3,(H,13,14)(H,16,17). The van der Waals surface area contributed by atoms with Crippen molar-refractivity contribution in [3.05, 3.63) is 11.4 Å². The molecule has 0 radical (unpaired) electrons. The SMILES string of the molecule is Cc1[nH]nc(C(=O)O)c1S(=O)(=O)NC(C)C1CCOCC1. The maximum absolute atomic E-state index is 12.4. The molecule has 8 nitrogen and oxygen atoms in total.